The number of carbonyl (C=O) groups is 3. The molecule has 1 aliphatic carbocycles. The summed E-state index contributed by atoms with van der Waals surface area (Å²) in [5.74, 6) is -1.65. The zero-order valence-corrected chi connectivity index (χ0v) is 23.7. The van der Waals surface area contributed by atoms with Crippen LogP contribution in [0, 0.1) is 11.8 Å². The molecule has 1 saturated carbocycles. The Morgan fingerprint density at radius 3 is 2.40 bits per heavy atom. The average molecular weight is 597 g/mol. The summed E-state index contributed by atoms with van der Waals surface area (Å²) in [6, 6.07) is 14.7. The SMILES string of the molecule is N[C@H](CF)C1CCC(C(=O)N2CC[C@H](c3ccccc3)[C@H]2C(=O)Nc2ccc3c(c2)cc2n3C(CF)(CF)OC2=O)CC1. The number of halogens is 3. The molecule has 0 radical (unpaired) electrons. The van der Waals surface area contributed by atoms with Crippen LogP contribution in [-0.4, -0.2) is 65.9 Å². The van der Waals surface area contributed by atoms with Gasteiger partial charge in [0, 0.05) is 35.5 Å². The second-order valence-electron chi connectivity index (χ2n) is 11.9. The molecule has 1 aromatic heterocycles. The number of esters is 1. The van der Waals surface area contributed by atoms with Gasteiger partial charge in [0.2, 0.25) is 17.5 Å². The fourth-order valence-electron chi connectivity index (χ4n) is 7.15. The normalized spacial score (nSPS) is 25.4. The number of amides is 2. The number of nitrogens with zero attached hydrogens (tertiary/aromatic N) is 2. The fraction of sp³-hybridized carbons (Fsp3) is 0.469. The molecule has 8 nitrogen and oxygen atoms in total. The Labute approximate surface area is 247 Å². The Bertz CT molecular complexity index is 1520. The summed E-state index contributed by atoms with van der Waals surface area (Å²) in [6.07, 6.45) is 3.19. The van der Waals surface area contributed by atoms with Gasteiger partial charge in [-0.1, -0.05) is 30.3 Å². The number of carbonyl (C=O) groups excluding carboxylic acids is 3. The molecule has 3 atom stereocenters. The van der Waals surface area contributed by atoms with E-state index in [9.17, 15) is 27.6 Å². The lowest BCUT2D eigenvalue weighted by Gasteiger charge is -2.35. The van der Waals surface area contributed by atoms with E-state index in [4.69, 9.17) is 10.5 Å². The Morgan fingerprint density at radius 1 is 1.00 bits per heavy atom. The zero-order valence-electron chi connectivity index (χ0n) is 23.7. The van der Waals surface area contributed by atoms with E-state index in [0.717, 1.165) is 5.56 Å². The van der Waals surface area contributed by atoms with Crippen molar-refractivity contribution >= 4 is 34.4 Å². The molecule has 228 valence electrons. The summed E-state index contributed by atoms with van der Waals surface area (Å²) < 4.78 is 47.1. The lowest BCUT2D eigenvalue weighted by atomic mass is 9.78. The summed E-state index contributed by atoms with van der Waals surface area (Å²) >= 11 is 0. The lowest BCUT2D eigenvalue weighted by molar-refractivity contribution is -0.141. The van der Waals surface area contributed by atoms with Crippen LogP contribution >= 0.6 is 0 Å². The minimum atomic E-state index is -2.04. The number of nitrogens with one attached hydrogen (secondary N) is 1. The van der Waals surface area contributed by atoms with Crippen molar-refractivity contribution in [2.24, 2.45) is 17.6 Å². The highest BCUT2D eigenvalue weighted by molar-refractivity contribution is 6.02. The van der Waals surface area contributed by atoms with Gasteiger partial charge in [-0.15, -0.1) is 0 Å². The van der Waals surface area contributed by atoms with Gasteiger partial charge < -0.3 is 20.7 Å². The maximum absolute atomic E-state index is 14.0. The molecule has 1 saturated heterocycles. The molecule has 3 N–H and O–H groups in total. The molecule has 3 aliphatic rings. The van der Waals surface area contributed by atoms with Gasteiger partial charge in [-0.25, -0.2) is 18.0 Å². The number of aromatic nitrogens is 1. The largest absolute Gasteiger partial charge is 0.428 e. The third-order valence-corrected chi connectivity index (χ3v) is 9.47. The standard InChI is InChI=1S/C32H35F3N4O4/c33-16-25(36)20-6-8-21(9-7-20)30(41)38-13-12-24(19-4-2-1-3-5-19)28(38)29(40)37-23-10-11-26-22(14-23)15-27-31(42)43-32(17-34,18-35)39(26)27/h1-5,10-11,14-15,20-21,24-25,28H,6-9,12-13,16-18,36H2,(H,37,40)/t20?,21?,24-,25-,28+/m1/s1. The van der Waals surface area contributed by atoms with Crippen molar-refractivity contribution in [1.29, 1.82) is 0 Å². The third kappa shape index (κ3) is 5.07. The predicted octanol–water partition coefficient (Wildman–Crippen LogP) is 4.83. The van der Waals surface area contributed by atoms with Crippen molar-refractivity contribution in [1.82, 2.24) is 9.47 Å². The van der Waals surface area contributed by atoms with Crippen LogP contribution in [0.3, 0.4) is 0 Å². The number of hydrogen-bond donors (Lipinski definition) is 2. The van der Waals surface area contributed by atoms with Crippen molar-refractivity contribution in [2.45, 2.75) is 55.8 Å². The summed E-state index contributed by atoms with van der Waals surface area (Å²) in [7, 11) is 0. The van der Waals surface area contributed by atoms with E-state index in [0.29, 0.717) is 55.2 Å². The number of rotatable bonds is 8. The van der Waals surface area contributed by atoms with Crippen LogP contribution in [0.4, 0.5) is 18.9 Å². The molecule has 2 amide bonds. The third-order valence-electron chi connectivity index (χ3n) is 9.47. The molecule has 0 unspecified atom stereocenters. The van der Waals surface area contributed by atoms with Crippen molar-refractivity contribution in [3.05, 3.63) is 65.9 Å². The van der Waals surface area contributed by atoms with Gasteiger partial charge in [-0.05, 0) is 67.9 Å². The van der Waals surface area contributed by atoms with E-state index >= 15 is 0 Å². The van der Waals surface area contributed by atoms with Gasteiger partial charge in [0.15, 0.2) is 13.3 Å². The molecular weight excluding hydrogens is 561 g/mol. The van der Waals surface area contributed by atoms with Gasteiger partial charge in [0.25, 0.3) is 0 Å². The van der Waals surface area contributed by atoms with Crippen LogP contribution in [-0.2, 0) is 20.1 Å². The molecule has 0 bridgehead atoms. The smallest absolute Gasteiger partial charge is 0.357 e. The number of likely N-dealkylation sites (tertiary alicyclic amines) is 1. The number of anilines is 1. The molecule has 0 spiro atoms. The number of fused-ring (bicyclic) bond motifs is 3. The van der Waals surface area contributed by atoms with Crippen LogP contribution in [0.25, 0.3) is 10.9 Å². The van der Waals surface area contributed by atoms with Crippen molar-refractivity contribution in [3.63, 3.8) is 0 Å². The molecule has 6 rings (SSSR count). The molecule has 2 aromatic carbocycles. The first-order valence-corrected chi connectivity index (χ1v) is 14.8. The van der Waals surface area contributed by atoms with Gasteiger partial charge in [0.1, 0.15) is 18.4 Å². The molecule has 2 fully saturated rings. The maximum Gasteiger partial charge on any atom is 0.357 e. The quantitative estimate of drug-likeness (QED) is 0.363. The molecular formula is C32H35F3N4O4. The van der Waals surface area contributed by atoms with Gasteiger partial charge in [-0.2, -0.15) is 0 Å². The number of hydrogen-bond acceptors (Lipinski definition) is 5. The summed E-state index contributed by atoms with van der Waals surface area (Å²) in [5.41, 5.74) is 5.70. The molecule has 3 aromatic rings. The van der Waals surface area contributed by atoms with E-state index < -0.39 is 43.8 Å². The Morgan fingerprint density at radius 2 is 1.72 bits per heavy atom. The van der Waals surface area contributed by atoms with Gasteiger partial charge in [-0.3, -0.25) is 14.2 Å². The lowest BCUT2D eigenvalue weighted by Crippen LogP contribution is -2.48. The highest BCUT2D eigenvalue weighted by Gasteiger charge is 2.48. The van der Waals surface area contributed by atoms with Crippen LogP contribution in [0.1, 0.15) is 54.1 Å². The number of cyclic esters (lactones) is 1. The van der Waals surface area contributed by atoms with E-state index in [1.807, 2.05) is 30.3 Å². The fourth-order valence-corrected chi connectivity index (χ4v) is 7.15. The number of alkyl halides is 3. The minimum absolute atomic E-state index is 0.0349. The van der Waals surface area contributed by atoms with Crippen LogP contribution in [0.2, 0.25) is 0 Å². The highest BCUT2D eigenvalue weighted by Crippen LogP contribution is 2.40. The van der Waals surface area contributed by atoms with Crippen LogP contribution < -0.4 is 11.1 Å². The Hall–Kier alpha value is -3.86. The van der Waals surface area contributed by atoms with E-state index in [1.54, 1.807) is 23.1 Å². The monoisotopic (exact) mass is 596 g/mol. The van der Waals surface area contributed by atoms with Crippen molar-refractivity contribution < 1.29 is 32.3 Å². The zero-order chi connectivity index (χ0) is 30.3. The minimum Gasteiger partial charge on any atom is -0.428 e. The first-order chi connectivity index (χ1) is 20.8. The summed E-state index contributed by atoms with van der Waals surface area (Å²) in [5, 5.41) is 3.47. The Balaban J connectivity index is 1.26. The number of nitrogens with two attached hydrogens (primary N) is 1. The molecule has 11 heteroatoms. The van der Waals surface area contributed by atoms with E-state index in [2.05, 4.69) is 5.32 Å². The van der Waals surface area contributed by atoms with Crippen LogP contribution in [0.5, 0.6) is 0 Å². The molecule has 2 aliphatic heterocycles. The molecule has 3 heterocycles. The van der Waals surface area contributed by atoms with Crippen LogP contribution in [0.15, 0.2) is 54.6 Å². The first-order valence-electron chi connectivity index (χ1n) is 14.8. The highest BCUT2D eigenvalue weighted by atomic mass is 19.1. The number of ether oxygens (including phenoxy) is 1. The van der Waals surface area contributed by atoms with E-state index in [1.165, 1.54) is 10.6 Å². The van der Waals surface area contributed by atoms with Crippen molar-refractivity contribution in [3.8, 4) is 0 Å². The summed E-state index contributed by atoms with van der Waals surface area (Å²) in [6.45, 7) is -2.59. The Kier molecular flexibility index (Phi) is 7.93. The van der Waals surface area contributed by atoms with E-state index in [-0.39, 0.29) is 35.3 Å². The van der Waals surface area contributed by atoms with Gasteiger partial charge in [0.05, 0.1) is 5.52 Å². The predicted molar refractivity (Wildman–Crippen MR) is 155 cm³/mol. The maximum atomic E-state index is 14.0. The topological polar surface area (TPSA) is 107 Å². The van der Waals surface area contributed by atoms with Gasteiger partial charge >= 0.3 is 5.97 Å². The summed E-state index contributed by atoms with van der Waals surface area (Å²) in [4.78, 5) is 41.8. The second kappa shape index (κ2) is 11.7. The first kappa shape index (κ1) is 29.2. The molecule has 43 heavy (non-hydrogen) atoms. The second-order valence-corrected chi connectivity index (χ2v) is 11.9. The average Bonchev–Trinajstić information content (AvgIpc) is 3.73. The number of benzene rings is 2. The van der Waals surface area contributed by atoms with Crippen molar-refractivity contribution in [2.75, 3.05) is 31.9 Å².